The van der Waals surface area contributed by atoms with E-state index in [1.54, 1.807) is 6.08 Å². The normalized spacial score (nSPS) is 11.7. The van der Waals surface area contributed by atoms with Crippen molar-refractivity contribution in [3.63, 3.8) is 0 Å². The highest BCUT2D eigenvalue weighted by atomic mass is 19.2. The third-order valence-corrected chi connectivity index (χ3v) is 2.50. The maximum absolute atomic E-state index is 13.4. The van der Waals surface area contributed by atoms with E-state index >= 15 is 0 Å². The molecule has 19 heavy (non-hydrogen) atoms. The first kappa shape index (κ1) is 14.8. The first-order valence-electron chi connectivity index (χ1n) is 5.62. The van der Waals surface area contributed by atoms with Crippen molar-refractivity contribution >= 4 is 11.8 Å². The molecule has 0 saturated carbocycles. The van der Waals surface area contributed by atoms with Crippen LogP contribution < -0.4 is 11.1 Å². The number of nitrogens with two attached hydrogens (primary N) is 1. The van der Waals surface area contributed by atoms with Crippen LogP contribution >= 0.6 is 0 Å². The lowest BCUT2D eigenvalue weighted by Gasteiger charge is -2.14. The van der Waals surface area contributed by atoms with Crippen LogP contribution in [0.5, 0.6) is 0 Å². The second kappa shape index (κ2) is 6.63. The van der Waals surface area contributed by atoms with Gasteiger partial charge in [-0.1, -0.05) is 12.1 Å². The largest absolute Gasteiger partial charge is 0.368 e. The zero-order valence-corrected chi connectivity index (χ0v) is 10.2. The fraction of sp³-hybridized carbons (Fsp3) is 0.231. The van der Waals surface area contributed by atoms with Crippen molar-refractivity contribution in [2.45, 2.75) is 18.9 Å². The Labute approximate surface area is 109 Å². The van der Waals surface area contributed by atoms with Crippen molar-refractivity contribution in [1.29, 1.82) is 0 Å². The van der Waals surface area contributed by atoms with Crippen LogP contribution in [0.15, 0.2) is 30.9 Å². The number of carbonyl (C=O) groups is 2. The van der Waals surface area contributed by atoms with Gasteiger partial charge in [-0.3, -0.25) is 9.59 Å². The Hall–Kier alpha value is -2.24. The fourth-order valence-electron chi connectivity index (χ4n) is 1.49. The Morgan fingerprint density at radius 3 is 2.68 bits per heavy atom. The van der Waals surface area contributed by atoms with Gasteiger partial charge in [0.25, 0.3) is 5.91 Å². The second-order valence-corrected chi connectivity index (χ2v) is 3.90. The van der Waals surface area contributed by atoms with Gasteiger partial charge in [0.15, 0.2) is 11.6 Å². The summed E-state index contributed by atoms with van der Waals surface area (Å²) in [6.07, 6.45) is 2.27. The van der Waals surface area contributed by atoms with Crippen LogP contribution in [0.3, 0.4) is 0 Å². The van der Waals surface area contributed by atoms with E-state index in [2.05, 4.69) is 11.9 Å². The minimum Gasteiger partial charge on any atom is -0.368 e. The molecule has 0 unspecified atom stereocenters. The van der Waals surface area contributed by atoms with Crippen molar-refractivity contribution in [3.8, 4) is 0 Å². The summed E-state index contributed by atoms with van der Waals surface area (Å²) in [4.78, 5) is 22.9. The van der Waals surface area contributed by atoms with E-state index in [-0.39, 0.29) is 6.42 Å². The standard InChI is InChI=1S/C13H14F2N2O2/c1-2-3-7-10(12(16)18)17-13(19)8-5-4-6-9(14)11(8)15/h2,4-6,10H,1,3,7H2,(H2,16,18)(H,17,19)/t10-/m0/s1. The van der Waals surface area contributed by atoms with Crippen molar-refractivity contribution < 1.29 is 18.4 Å². The number of benzene rings is 1. The van der Waals surface area contributed by atoms with Gasteiger partial charge in [-0.05, 0) is 25.0 Å². The molecule has 0 saturated heterocycles. The molecule has 0 aliphatic heterocycles. The van der Waals surface area contributed by atoms with Crippen molar-refractivity contribution in [2.24, 2.45) is 5.73 Å². The Morgan fingerprint density at radius 2 is 2.11 bits per heavy atom. The molecule has 6 heteroatoms. The maximum Gasteiger partial charge on any atom is 0.255 e. The average Bonchev–Trinajstić information content (AvgIpc) is 2.37. The fourth-order valence-corrected chi connectivity index (χ4v) is 1.49. The molecule has 2 amide bonds. The van der Waals surface area contributed by atoms with E-state index in [4.69, 9.17) is 5.73 Å². The van der Waals surface area contributed by atoms with Gasteiger partial charge < -0.3 is 11.1 Å². The molecule has 0 aromatic heterocycles. The number of hydrogen-bond donors (Lipinski definition) is 2. The summed E-state index contributed by atoms with van der Waals surface area (Å²) >= 11 is 0. The number of allylic oxidation sites excluding steroid dienone is 1. The molecule has 0 radical (unpaired) electrons. The summed E-state index contributed by atoms with van der Waals surface area (Å²) in [5, 5.41) is 2.27. The molecule has 4 nitrogen and oxygen atoms in total. The summed E-state index contributed by atoms with van der Waals surface area (Å²) in [6, 6.07) is 2.28. The van der Waals surface area contributed by atoms with Crippen LogP contribution in [0, 0.1) is 11.6 Å². The SMILES string of the molecule is C=CCC[C@H](NC(=O)c1cccc(F)c1F)C(N)=O. The zero-order chi connectivity index (χ0) is 14.4. The van der Waals surface area contributed by atoms with Crippen molar-refractivity contribution in [3.05, 3.63) is 48.1 Å². The van der Waals surface area contributed by atoms with E-state index in [1.165, 1.54) is 6.07 Å². The lowest BCUT2D eigenvalue weighted by atomic mass is 10.1. The number of carbonyl (C=O) groups excluding carboxylic acids is 2. The molecule has 1 rings (SSSR count). The van der Waals surface area contributed by atoms with E-state index in [1.807, 2.05) is 0 Å². The van der Waals surface area contributed by atoms with E-state index < -0.39 is 35.1 Å². The topological polar surface area (TPSA) is 72.2 Å². The van der Waals surface area contributed by atoms with Crippen LogP contribution in [0.2, 0.25) is 0 Å². The minimum absolute atomic E-state index is 0.251. The predicted molar refractivity (Wildman–Crippen MR) is 66.2 cm³/mol. The molecule has 1 aromatic carbocycles. The number of amides is 2. The highest BCUT2D eigenvalue weighted by Gasteiger charge is 2.21. The minimum atomic E-state index is -1.26. The van der Waals surface area contributed by atoms with E-state index in [9.17, 15) is 18.4 Å². The third-order valence-electron chi connectivity index (χ3n) is 2.50. The lowest BCUT2D eigenvalue weighted by molar-refractivity contribution is -0.119. The average molecular weight is 268 g/mol. The molecule has 0 fully saturated rings. The molecule has 0 heterocycles. The number of nitrogens with one attached hydrogen (secondary N) is 1. The van der Waals surface area contributed by atoms with Crippen molar-refractivity contribution in [1.82, 2.24) is 5.32 Å². The maximum atomic E-state index is 13.4. The number of primary amides is 1. The molecule has 0 bridgehead atoms. The van der Waals surface area contributed by atoms with Crippen LogP contribution in [0.1, 0.15) is 23.2 Å². The monoisotopic (exact) mass is 268 g/mol. The first-order chi connectivity index (χ1) is 8.97. The van der Waals surface area contributed by atoms with Crippen LogP contribution in [0.25, 0.3) is 0 Å². The van der Waals surface area contributed by atoms with Gasteiger partial charge >= 0.3 is 0 Å². The number of halogens is 2. The molecular weight excluding hydrogens is 254 g/mol. The Bertz CT molecular complexity index is 503. The molecule has 0 spiro atoms. The second-order valence-electron chi connectivity index (χ2n) is 3.90. The highest BCUT2D eigenvalue weighted by Crippen LogP contribution is 2.11. The van der Waals surface area contributed by atoms with Gasteiger partial charge in [-0.25, -0.2) is 8.78 Å². The summed E-state index contributed by atoms with van der Waals surface area (Å²) in [7, 11) is 0. The van der Waals surface area contributed by atoms with Gasteiger partial charge in [-0.2, -0.15) is 0 Å². The first-order valence-corrected chi connectivity index (χ1v) is 5.62. The van der Waals surface area contributed by atoms with Gasteiger partial charge in [0.05, 0.1) is 5.56 Å². The number of hydrogen-bond acceptors (Lipinski definition) is 2. The molecule has 1 atom stereocenters. The van der Waals surface area contributed by atoms with Gasteiger partial charge in [0.1, 0.15) is 6.04 Å². The molecule has 0 aliphatic rings. The molecular formula is C13H14F2N2O2. The smallest absolute Gasteiger partial charge is 0.255 e. The van der Waals surface area contributed by atoms with Crippen LogP contribution in [0.4, 0.5) is 8.78 Å². The molecule has 102 valence electrons. The lowest BCUT2D eigenvalue weighted by Crippen LogP contribution is -2.44. The van der Waals surface area contributed by atoms with Crippen LogP contribution in [-0.2, 0) is 4.79 Å². The van der Waals surface area contributed by atoms with Crippen molar-refractivity contribution in [2.75, 3.05) is 0 Å². The Kier molecular flexibility index (Phi) is 5.17. The summed E-state index contributed by atoms with van der Waals surface area (Å²) in [6.45, 7) is 3.48. The van der Waals surface area contributed by atoms with Gasteiger partial charge in [0, 0.05) is 0 Å². The third kappa shape index (κ3) is 3.87. The van der Waals surface area contributed by atoms with E-state index in [0.29, 0.717) is 6.42 Å². The quantitative estimate of drug-likeness (QED) is 0.768. The summed E-state index contributed by atoms with van der Waals surface area (Å²) in [5.74, 6) is -4.02. The molecule has 3 N–H and O–H groups in total. The Morgan fingerprint density at radius 1 is 1.42 bits per heavy atom. The predicted octanol–water partition coefficient (Wildman–Crippen LogP) is 1.51. The van der Waals surface area contributed by atoms with Gasteiger partial charge in [-0.15, -0.1) is 6.58 Å². The zero-order valence-electron chi connectivity index (χ0n) is 10.2. The molecule has 1 aromatic rings. The highest BCUT2D eigenvalue weighted by molar-refractivity contribution is 5.97. The van der Waals surface area contributed by atoms with E-state index in [0.717, 1.165) is 12.1 Å². The summed E-state index contributed by atoms with van der Waals surface area (Å²) in [5.41, 5.74) is 4.65. The van der Waals surface area contributed by atoms with Gasteiger partial charge in [0.2, 0.25) is 5.91 Å². The van der Waals surface area contributed by atoms with Crippen LogP contribution in [-0.4, -0.2) is 17.9 Å². The molecule has 0 aliphatic carbocycles. The Balaban J connectivity index is 2.84. The summed E-state index contributed by atoms with van der Waals surface area (Å²) < 4.78 is 26.4. The number of rotatable bonds is 6.